The first-order chi connectivity index (χ1) is 21.8. The smallest absolute Gasteiger partial charge is 0.317 e. The van der Waals surface area contributed by atoms with Crippen molar-refractivity contribution < 1.29 is 32.2 Å². The van der Waals surface area contributed by atoms with Crippen molar-refractivity contribution in [1.29, 1.82) is 0 Å². The summed E-state index contributed by atoms with van der Waals surface area (Å²) in [7, 11) is 0. The summed E-state index contributed by atoms with van der Waals surface area (Å²) >= 11 is 0. The molecule has 228 valence electrons. The van der Waals surface area contributed by atoms with Gasteiger partial charge in [-0.1, -0.05) is 12.0 Å². The predicted molar refractivity (Wildman–Crippen MR) is 159 cm³/mol. The molecular weight excluding hydrogens is 585 g/mol. The van der Waals surface area contributed by atoms with Gasteiger partial charge in [0.15, 0.2) is 5.82 Å². The van der Waals surface area contributed by atoms with E-state index in [4.69, 9.17) is 25.3 Å². The number of hydrogen-bond acceptors (Lipinski definition) is 8. The van der Waals surface area contributed by atoms with E-state index >= 15 is 4.39 Å². The number of aromatic nitrogens is 3. The third kappa shape index (κ3) is 4.42. The summed E-state index contributed by atoms with van der Waals surface area (Å²) in [4.78, 5) is 15.8. The number of nitrogens with zero attached hydrogens (tertiary/aromatic N) is 4. The number of pyridine rings is 1. The van der Waals surface area contributed by atoms with Crippen molar-refractivity contribution in [3.05, 3.63) is 65.2 Å². The quantitative estimate of drug-likeness (QED) is 0.238. The highest BCUT2D eigenvalue weighted by atomic mass is 19.1. The van der Waals surface area contributed by atoms with Gasteiger partial charge in [-0.25, -0.2) is 13.2 Å². The van der Waals surface area contributed by atoms with E-state index in [1.165, 1.54) is 30.5 Å². The second kappa shape index (κ2) is 10.5. The molecule has 2 aromatic carbocycles. The Morgan fingerprint density at radius 3 is 2.93 bits per heavy atom. The normalized spacial score (nSPS) is 21.2. The van der Waals surface area contributed by atoms with E-state index in [1.54, 1.807) is 6.26 Å². The van der Waals surface area contributed by atoms with Crippen LogP contribution in [0.4, 0.5) is 13.2 Å². The number of fused-ring (bicyclic) bond motifs is 4. The van der Waals surface area contributed by atoms with E-state index in [2.05, 4.69) is 20.8 Å². The Morgan fingerprint density at radius 2 is 2.07 bits per heavy atom. The lowest BCUT2D eigenvalue weighted by molar-refractivity contribution is 0.0940. The van der Waals surface area contributed by atoms with Crippen molar-refractivity contribution in [3.63, 3.8) is 0 Å². The number of ether oxygens (including phenoxy) is 2. The van der Waals surface area contributed by atoms with Crippen molar-refractivity contribution in [2.75, 3.05) is 26.3 Å². The van der Waals surface area contributed by atoms with Crippen LogP contribution < -0.4 is 4.74 Å². The third-order valence-corrected chi connectivity index (χ3v) is 9.31. The van der Waals surface area contributed by atoms with Crippen LogP contribution in [0.25, 0.3) is 44.2 Å². The molecule has 0 spiro atoms. The molecule has 2 fully saturated rings. The monoisotopic (exact) mass is 612 g/mol. The Hall–Kier alpha value is -4.66. The molecule has 0 amide bonds. The van der Waals surface area contributed by atoms with Gasteiger partial charge in [0, 0.05) is 46.6 Å². The van der Waals surface area contributed by atoms with Crippen molar-refractivity contribution in [2.45, 2.75) is 44.0 Å². The van der Waals surface area contributed by atoms with Gasteiger partial charge in [-0.3, -0.25) is 9.88 Å². The molecule has 3 aromatic heterocycles. The highest BCUT2D eigenvalue weighted by molar-refractivity contribution is 6.03. The number of rotatable bonds is 5. The van der Waals surface area contributed by atoms with Gasteiger partial charge in [0.2, 0.25) is 0 Å². The summed E-state index contributed by atoms with van der Waals surface area (Å²) < 4.78 is 63.5. The molecule has 6 heterocycles. The molecule has 8 rings (SSSR count). The number of alkyl halides is 1. The van der Waals surface area contributed by atoms with E-state index < -0.39 is 23.3 Å². The number of phenols is 1. The van der Waals surface area contributed by atoms with Gasteiger partial charge in [0.25, 0.3) is 0 Å². The van der Waals surface area contributed by atoms with Gasteiger partial charge in [0.1, 0.15) is 54.2 Å². The number of furan rings is 1. The third-order valence-electron chi connectivity index (χ3n) is 9.31. The second-order valence-electron chi connectivity index (χ2n) is 11.9. The molecule has 11 heteroatoms. The van der Waals surface area contributed by atoms with Crippen LogP contribution in [-0.4, -0.2) is 63.0 Å². The zero-order valence-corrected chi connectivity index (χ0v) is 24.1. The Morgan fingerprint density at radius 1 is 1.18 bits per heavy atom. The summed E-state index contributed by atoms with van der Waals surface area (Å²) in [6.45, 7) is 2.10. The van der Waals surface area contributed by atoms with Crippen molar-refractivity contribution in [3.8, 4) is 46.6 Å². The Balaban J connectivity index is 1.32. The number of hydrogen-bond donors (Lipinski definition) is 1. The molecule has 0 unspecified atom stereocenters. The Kier molecular flexibility index (Phi) is 6.48. The highest BCUT2D eigenvalue weighted by Gasteiger charge is 2.49. The maximum absolute atomic E-state index is 16.8. The second-order valence-corrected chi connectivity index (χ2v) is 11.9. The Bertz CT molecular complexity index is 2060. The molecular formula is C34H27F3N4O4. The SMILES string of the molecule is C#Cc1c(F)ccc2cc(O)cc(-c3ncc4c(-c5coc6c5CCOC6)nc(OC[C@@]56CCCN5C[C@H](F)C6)nc4c3F)c12. The topological polar surface area (TPSA) is 93.7 Å². The van der Waals surface area contributed by atoms with Crippen LogP contribution >= 0.6 is 0 Å². The molecule has 1 N–H and O–H groups in total. The lowest BCUT2D eigenvalue weighted by atomic mass is 9.95. The van der Waals surface area contributed by atoms with Crippen LogP contribution in [0.15, 0.2) is 41.1 Å². The number of halogens is 3. The molecule has 8 nitrogen and oxygen atoms in total. The van der Waals surface area contributed by atoms with Gasteiger partial charge >= 0.3 is 6.01 Å². The summed E-state index contributed by atoms with van der Waals surface area (Å²) in [5, 5.41) is 11.5. The van der Waals surface area contributed by atoms with Gasteiger partial charge in [-0.15, -0.1) is 6.42 Å². The van der Waals surface area contributed by atoms with Gasteiger partial charge < -0.3 is 19.0 Å². The highest BCUT2D eigenvalue weighted by Crippen LogP contribution is 2.42. The molecule has 0 radical (unpaired) electrons. The van der Waals surface area contributed by atoms with Crippen LogP contribution in [-0.2, 0) is 17.8 Å². The summed E-state index contributed by atoms with van der Waals surface area (Å²) in [5.74, 6) is 1.35. The number of terminal acetylenes is 1. The van der Waals surface area contributed by atoms with Gasteiger partial charge in [-0.2, -0.15) is 9.97 Å². The maximum atomic E-state index is 16.8. The van der Waals surface area contributed by atoms with Crippen LogP contribution in [0.5, 0.6) is 11.8 Å². The summed E-state index contributed by atoms with van der Waals surface area (Å²) in [6, 6.07) is 5.31. The molecule has 0 bridgehead atoms. The number of phenolic OH excluding ortho intramolecular Hbond substituents is 1. The molecule has 0 saturated carbocycles. The fourth-order valence-electron chi connectivity index (χ4n) is 7.25. The standard InChI is InChI=1S/C34H27F3N4O4/c1-2-21-26(36)5-4-18-10-20(42)11-23(28(18)21)31-29(37)32-24(13-38-31)30(25-15-44-27-16-43-9-6-22(25)27)39-33(40-32)45-17-34-7-3-8-41(34)14-19(35)12-34/h1,4-5,10-11,13,15,19,42H,3,6-9,12,14,16-17H2/t19-,34+/m1/s1. The summed E-state index contributed by atoms with van der Waals surface area (Å²) in [5.41, 5.74) is 1.19. The van der Waals surface area contributed by atoms with Crippen LogP contribution in [0, 0.1) is 24.0 Å². The average molecular weight is 613 g/mol. The molecule has 5 aromatic rings. The van der Waals surface area contributed by atoms with E-state index in [9.17, 15) is 13.9 Å². The van der Waals surface area contributed by atoms with Gasteiger partial charge in [-0.05, 0) is 49.4 Å². The fourth-order valence-corrected chi connectivity index (χ4v) is 7.25. The van der Waals surface area contributed by atoms with E-state index in [0.29, 0.717) is 60.4 Å². The molecule has 45 heavy (non-hydrogen) atoms. The van der Waals surface area contributed by atoms with Crippen molar-refractivity contribution in [1.82, 2.24) is 19.9 Å². The first kappa shape index (κ1) is 27.9. The zero-order valence-electron chi connectivity index (χ0n) is 24.1. The van der Waals surface area contributed by atoms with E-state index in [-0.39, 0.29) is 46.1 Å². The summed E-state index contributed by atoms with van der Waals surface area (Å²) in [6.07, 6.45) is 10.4. The maximum Gasteiger partial charge on any atom is 0.317 e. The minimum absolute atomic E-state index is 0.0739. The molecule has 3 aliphatic heterocycles. The molecule has 2 atom stereocenters. The molecule has 3 aliphatic rings. The van der Waals surface area contributed by atoms with E-state index in [1.807, 2.05) is 0 Å². The van der Waals surface area contributed by atoms with E-state index in [0.717, 1.165) is 24.9 Å². The lowest BCUT2D eigenvalue weighted by Gasteiger charge is -2.30. The Labute approximate surface area is 255 Å². The number of benzene rings is 2. The average Bonchev–Trinajstić information content (AvgIpc) is 3.72. The first-order valence-electron chi connectivity index (χ1n) is 14.8. The molecule has 2 saturated heterocycles. The fraction of sp³-hybridized carbons (Fsp3) is 0.324. The van der Waals surface area contributed by atoms with Gasteiger partial charge in [0.05, 0.1) is 23.4 Å². The molecule has 0 aliphatic carbocycles. The van der Waals surface area contributed by atoms with Crippen LogP contribution in [0.1, 0.15) is 36.1 Å². The zero-order chi connectivity index (χ0) is 30.9. The number of aromatic hydroxyl groups is 1. The predicted octanol–water partition coefficient (Wildman–Crippen LogP) is 6.10. The van der Waals surface area contributed by atoms with Crippen molar-refractivity contribution >= 4 is 21.7 Å². The van der Waals surface area contributed by atoms with Crippen molar-refractivity contribution in [2.24, 2.45) is 0 Å². The largest absolute Gasteiger partial charge is 0.508 e. The van der Waals surface area contributed by atoms with Crippen LogP contribution in [0.3, 0.4) is 0 Å². The van der Waals surface area contributed by atoms with Crippen LogP contribution in [0.2, 0.25) is 0 Å². The minimum Gasteiger partial charge on any atom is -0.508 e. The first-order valence-corrected chi connectivity index (χ1v) is 14.8. The lowest BCUT2D eigenvalue weighted by Crippen LogP contribution is -2.43. The minimum atomic E-state index is -0.942.